The number of rotatable bonds is 2. The summed E-state index contributed by atoms with van der Waals surface area (Å²) in [6.07, 6.45) is 0. The maximum Gasteiger partial charge on any atom is 0.197 e. The molecule has 0 saturated carbocycles. The van der Waals surface area contributed by atoms with Crippen LogP contribution in [0, 0.1) is 0 Å². The Labute approximate surface area is 260 Å². The molecule has 226 valence electrons. The second kappa shape index (κ2) is 16.0. The molecule has 0 aliphatic heterocycles. The lowest BCUT2D eigenvalue weighted by molar-refractivity contribution is 1.15. The van der Waals surface area contributed by atoms with Crippen LogP contribution in [0.15, 0.2) is 131 Å². The van der Waals surface area contributed by atoms with Crippen molar-refractivity contribution in [3.05, 3.63) is 142 Å². The minimum Gasteiger partial charge on any atom is -0.309 e. The van der Waals surface area contributed by atoms with Crippen LogP contribution in [0.1, 0.15) is 55.4 Å². The van der Waals surface area contributed by atoms with E-state index in [0.29, 0.717) is 32.6 Å². The van der Waals surface area contributed by atoms with Gasteiger partial charge in [-0.1, -0.05) is 116 Å². The van der Waals surface area contributed by atoms with E-state index in [2.05, 4.69) is 9.13 Å². The Balaban J connectivity index is 0.000000615. The normalized spacial score (nSPS) is 10.0. The summed E-state index contributed by atoms with van der Waals surface area (Å²) in [5.74, 6) is 0. The Kier molecular flexibility index (Phi) is 12.2. The highest BCUT2D eigenvalue weighted by molar-refractivity contribution is 6.05. The molecule has 44 heavy (non-hydrogen) atoms. The van der Waals surface area contributed by atoms with Crippen molar-refractivity contribution in [2.24, 2.45) is 0 Å². The molecule has 2 heterocycles. The molecule has 0 spiro atoms. The lowest BCUT2D eigenvalue weighted by atomic mass is 10.0. The van der Waals surface area contributed by atoms with Crippen LogP contribution in [-0.4, -0.2) is 9.13 Å². The number of para-hydroxylation sites is 4. The second-order valence-corrected chi connectivity index (χ2v) is 8.92. The molecular formula is C40H44N2O2. The number of pyridine rings is 2. The van der Waals surface area contributed by atoms with Gasteiger partial charge in [0.15, 0.2) is 10.9 Å². The zero-order chi connectivity index (χ0) is 32.2. The van der Waals surface area contributed by atoms with Crippen LogP contribution < -0.4 is 10.9 Å². The van der Waals surface area contributed by atoms with Crippen LogP contribution in [-0.2, 0) is 0 Å². The van der Waals surface area contributed by atoms with Gasteiger partial charge in [0.1, 0.15) is 0 Å². The predicted octanol–water partition coefficient (Wildman–Crippen LogP) is 10.7. The van der Waals surface area contributed by atoms with Crippen molar-refractivity contribution < 1.29 is 0 Å². The van der Waals surface area contributed by atoms with Gasteiger partial charge in [0.05, 0.1) is 22.1 Å². The van der Waals surface area contributed by atoms with Gasteiger partial charge in [0, 0.05) is 32.9 Å². The van der Waals surface area contributed by atoms with Gasteiger partial charge >= 0.3 is 0 Å². The van der Waals surface area contributed by atoms with E-state index in [9.17, 15) is 9.59 Å². The predicted molar refractivity (Wildman–Crippen MR) is 193 cm³/mol. The number of hydrogen-bond acceptors (Lipinski definition) is 2. The Morgan fingerprint density at radius 1 is 0.341 bits per heavy atom. The van der Waals surface area contributed by atoms with Gasteiger partial charge in [-0.3, -0.25) is 9.59 Å². The van der Waals surface area contributed by atoms with Crippen molar-refractivity contribution in [2.45, 2.75) is 55.4 Å². The summed E-state index contributed by atoms with van der Waals surface area (Å²) in [6, 6.07) is 39.0. The molecule has 0 saturated heterocycles. The maximum atomic E-state index is 13.8. The van der Waals surface area contributed by atoms with E-state index in [-0.39, 0.29) is 10.9 Å². The average molecular weight is 585 g/mol. The highest BCUT2D eigenvalue weighted by Crippen LogP contribution is 2.30. The zero-order valence-electron chi connectivity index (χ0n) is 27.3. The van der Waals surface area contributed by atoms with Crippen LogP contribution in [0.4, 0.5) is 0 Å². The van der Waals surface area contributed by atoms with Crippen LogP contribution in [0.25, 0.3) is 55.0 Å². The summed E-state index contributed by atoms with van der Waals surface area (Å²) in [5, 5.41) is 2.43. The average Bonchev–Trinajstić information content (AvgIpc) is 3.12. The largest absolute Gasteiger partial charge is 0.309 e. The molecular weight excluding hydrogens is 540 g/mol. The number of fused-ring (bicyclic) bond motifs is 4. The fourth-order valence-corrected chi connectivity index (χ4v) is 5.29. The Hall–Kier alpha value is -4.96. The molecule has 0 bridgehead atoms. The minimum atomic E-state index is -0.0464. The van der Waals surface area contributed by atoms with E-state index in [1.165, 1.54) is 0 Å². The highest BCUT2D eigenvalue weighted by atomic mass is 16.1. The molecule has 0 amide bonds. The highest BCUT2D eigenvalue weighted by Gasteiger charge is 2.18. The van der Waals surface area contributed by atoms with E-state index in [4.69, 9.17) is 0 Å². The molecule has 0 N–H and O–H groups in total. The van der Waals surface area contributed by atoms with Crippen LogP contribution in [0.3, 0.4) is 0 Å². The lowest BCUT2D eigenvalue weighted by Crippen LogP contribution is -2.14. The van der Waals surface area contributed by atoms with Crippen molar-refractivity contribution in [2.75, 3.05) is 0 Å². The van der Waals surface area contributed by atoms with Crippen molar-refractivity contribution in [3.63, 3.8) is 0 Å². The standard InChI is InChI=1S/C32H20N2O2.4C2H6/c35-31-23-15-7-9-17-27(23)33(21-11-3-1-4-12-21)29-19-26-30(20-25(29)31)34(22-13-5-2-6-14-22)28-18-10-8-16-24(28)32(26)36;4*1-2/h1-20H;4*1-2H3. The first-order valence-corrected chi connectivity index (χ1v) is 15.9. The van der Waals surface area contributed by atoms with E-state index in [0.717, 1.165) is 22.4 Å². The Morgan fingerprint density at radius 2 is 0.636 bits per heavy atom. The maximum absolute atomic E-state index is 13.8. The van der Waals surface area contributed by atoms with E-state index >= 15 is 0 Å². The van der Waals surface area contributed by atoms with Crippen LogP contribution in [0.5, 0.6) is 0 Å². The zero-order valence-corrected chi connectivity index (χ0v) is 27.3. The third kappa shape index (κ3) is 6.07. The third-order valence-corrected chi connectivity index (χ3v) is 6.89. The smallest absolute Gasteiger partial charge is 0.197 e. The topological polar surface area (TPSA) is 44.0 Å². The number of benzene rings is 5. The van der Waals surface area contributed by atoms with Gasteiger partial charge in [0.2, 0.25) is 0 Å². The Bertz CT molecular complexity index is 1920. The van der Waals surface area contributed by atoms with Gasteiger partial charge < -0.3 is 9.13 Å². The molecule has 0 radical (unpaired) electrons. The molecule has 0 unspecified atom stereocenters. The first kappa shape index (κ1) is 33.5. The second-order valence-electron chi connectivity index (χ2n) is 8.92. The SMILES string of the molecule is CC.CC.CC.CC.O=c1c2ccccc2n(-c2ccccc2)c2cc3c(=O)c4ccccc4n(-c4ccccc4)c3cc12. The molecule has 7 rings (SSSR count). The first-order valence-electron chi connectivity index (χ1n) is 15.9. The van der Waals surface area contributed by atoms with E-state index in [1.807, 2.05) is 177 Å². The molecule has 4 heteroatoms. The molecule has 0 fully saturated rings. The summed E-state index contributed by atoms with van der Waals surface area (Å²) in [5.41, 5.74) is 4.82. The summed E-state index contributed by atoms with van der Waals surface area (Å²) in [7, 11) is 0. The molecule has 0 atom stereocenters. The van der Waals surface area contributed by atoms with Gasteiger partial charge in [0.25, 0.3) is 0 Å². The fraction of sp³-hybridized carbons (Fsp3) is 0.200. The summed E-state index contributed by atoms with van der Waals surface area (Å²) < 4.78 is 4.15. The molecule has 0 aliphatic carbocycles. The van der Waals surface area contributed by atoms with E-state index < -0.39 is 0 Å². The fourth-order valence-electron chi connectivity index (χ4n) is 5.29. The Morgan fingerprint density at radius 3 is 0.977 bits per heavy atom. The third-order valence-electron chi connectivity index (χ3n) is 6.89. The van der Waals surface area contributed by atoms with Crippen molar-refractivity contribution in [1.82, 2.24) is 9.13 Å². The van der Waals surface area contributed by atoms with E-state index in [1.54, 1.807) is 0 Å². The number of hydrogen-bond donors (Lipinski definition) is 0. The summed E-state index contributed by atoms with van der Waals surface area (Å²) in [4.78, 5) is 27.6. The van der Waals surface area contributed by atoms with Crippen molar-refractivity contribution >= 4 is 43.6 Å². The first-order chi connectivity index (χ1) is 21.7. The molecule has 4 nitrogen and oxygen atoms in total. The van der Waals surface area contributed by atoms with Crippen LogP contribution in [0.2, 0.25) is 0 Å². The molecule has 0 aliphatic rings. The molecule has 2 aromatic heterocycles. The van der Waals surface area contributed by atoms with Gasteiger partial charge in [-0.2, -0.15) is 0 Å². The van der Waals surface area contributed by atoms with Gasteiger partial charge in [-0.05, 0) is 60.7 Å². The van der Waals surface area contributed by atoms with Crippen molar-refractivity contribution in [3.8, 4) is 11.4 Å². The lowest BCUT2D eigenvalue weighted by Gasteiger charge is -2.19. The van der Waals surface area contributed by atoms with Crippen LogP contribution >= 0.6 is 0 Å². The van der Waals surface area contributed by atoms with Gasteiger partial charge in [-0.25, -0.2) is 0 Å². The molecule has 5 aromatic carbocycles. The summed E-state index contributed by atoms with van der Waals surface area (Å²) >= 11 is 0. The number of aromatic nitrogens is 2. The number of nitrogens with zero attached hydrogens (tertiary/aromatic N) is 2. The van der Waals surface area contributed by atoms with Gasteiger partial charge in [-0.15, -0.1) is 0 Å². The monoisotopic (exact) mass is 584 g/mol. The minimum absolute atomic E-state index is 0.0464. The summed E-state index contributed by atoms with van der Waals surface area (Å²) in [6.45, 7) is 16.0. The van der Waals surface area contributed by atoms with Crippen molar-refractivity contribution in [1.29, 1.82) is 0 Å². The quantitative estimate of drug-likeness (QED) is 0.190. The molecule has 7 aromatic rings.